The molecule has 2 aliphatic rings. The third-order valence-corrected chi connectivity index (χ3v) is 8.07. The Hall–Kier alpha value is -2.61. The summed E-state index contributed by atoms with van der Waals surface area (Å²) in [4.78, 5) is 42.6. The molecule has 1 saturated heterocycles. The van der Waals surface area contributed by atoms with E-state index >= 15 is 0 Å². The van der Waals surface area contributed by atoms with E-state index in [4.69, 9.17) is 23.2 Å². The molecule has 0 unspecified atom stereocenters. The Balaban J connectivity index is 1.61. The van der Waals surface area contributed by atoms with E-state index in [-0.39, 0.29) is 29.1 Å². The molecule has 210 valence electrons. The van der Waals surface area contributed by atoms with Crippen LogP contribution in [-0.2, 0) is 26.3 Å². The van der Waals surface area contributed by atoms with Gasteiger partial charge < -0.3 is 15.5 Å². The van der Waals surface area contributed by atoms with Crippen molar-refractivity contribution in [3.8, 4) is 0 Å². The molecular weight excluding hydrogens is 535 g/mol. The molecule has 4 rings (SSSR count). The van der Waals surface area contributed by atoms with Crippen LogP contribution in [0.3, 0.4) is 0 Å². The van der Waals surface area contributed by atoms with Gasteiger partial charge in [-0.2, -0.15) is 0 Å². The Bertz CT molecular complexity index is 1240. The lowest BCUT2D eigenvalue weighted by Gasteiger charge is -2.43. The van der Waals surface area contributed by atoms with Gasteiger partial charge in [-0.15, -0.1) is 0 Å². The molecule has 0 aliphatic carbocycles. The molecule has 0 spiro atoms. The van der Waals surface area contributed by atoms with Gasteiger partial charge in [-0.3, -0.25) is 19.3 Å². The standard InChI is InChI=1S/C30H38Cl2N4O3/c1-20(37)35-13-10-22(11-14-35)27(38)33-12-15-36(19-29(2,3)4)30(18-21-6-5-7-23(31)16-21)25-9-8-24(32)17-26(25)34-28(30)39/h5-9,16-17,22H,10-15,18-19H2,1-4H3,(H,33,38)(H,34,39)/t30-/m0/s1. The molecular formula is C30H38Cl2N4O3. The van der Waals surface area contributed by atoms with Crippen molar-refractivity contribution in [3.05, 3.63) is 63.6 Å². The van der Waals surface area contributed by atoms with Crippen LogP contribution in [-0.4, -0.2) is 60.2 Å². The van der Waals surface area contributed by atoms with Crippen LogP contribution in [0.25, 0.3) is 0 Å². The van der Waals surface area contributed by atoms with Crippen LogP contribution in [0.4, 0.5) is 5.69 Å². The molecule has 3 amide bonds. The van der Waals surface area contributed by atoms with Crippen molar-refractivity contribution >= 4 is 46.6 Å². The summed E-state index contributed by atoms with van der Waals surface area (Å²) >= 11 is 12.6. The zero-order valence-electron chi connectivity index (χ0n) is 23.2. The van der Waals surface area contributed by atoms with Crippen molar-refractivity contribution in [2.45, 2.75) is 52.5 Å². The number of likely N-dealkylation sites (tertiary alicyclic amines) is 1. The van der Waals surface area contributed by atoms with Gasteiger partial charge in [0.05, 0.1) is 0 Å². The van der Waals surface area contributed by atoms with Crippen molar-refractivity contribution < 1.29 is 14.4 Å². The first-order valence-corrected chi connectivity index (χ1v) is 14.3. The van der Waals surface area contributed by atoms with E-state index in [0.29, 0.717) is 67.7 Å². The zero-order valence-corrected chi connectivity index (χ0v) is 24.7. The Morgan fingerprint density at radius 1 is 1.10 bits per heavy atom. The molecule has 7 nitrogen and oxygen atoms in total. The van der Waals surface area contributed by atoms with Crippen LogP contribution >= 0.6 is 23.2 Å². The van der Waals surface area contributed by atoms with Gasteiger partial charge in [0.1, 0.15) is 5.54 Å². The van der Waals surface area contributed by atoms with Gasteiger partial charge in [0.15, 0.2) is 0 Å². The summed E-state index contributed by atoms with van der Waals surface area (Å²) in [5.41, 5.74) is 1.38. The molecule has 0 saturated carbocycles. The number of hydrogen-bond donors (Lipinski definition) is 2. The average molecular weight is 574 g/mol. The van der Waals surface area contributed by atoms with E-state index in [1.54, 1.807) is 17.9 Å². The monoisotopic (exact) mass is 572 g/mol. The van der Waals surface area contributed by atoms with Gasteiger partial charge in [0.25, 0.3) is 0 Å². The smallest absolute Gasteiger partial charge is 0.249 e. The molecule has 2 heterocycles. The number of nitrogens with one attached hydrogen (secondary N) is 2. The number of nitrogens with zero attached hydrogens (tertiary/aromatic N) is 2. The van der Waals surface area contributed by atoms with Gasteiger partial charge in [0.2, 0.25) is 17.7 Å². The molecule has 0 aromatic heterocycles. The van der Waals surface area contributed by atoms with Crippen LogP contribution in [0.15, 0.2) is 42.5 Å². The Morgan fingerprint density at radius 3 is 2.44 bits per heavy atom. The highest BCUT2D eigenvalue weighted by atomic mass is 35.5. The highest BCUT2D eigenvalue weighted by Gasteiger charge is 2.51. The number of halogens is 2. The summed E-state index contributed by atoms with van der Waals surface area (Å²) < 4.78 is 0. The molecule has 39 heavy (non-hydrogen) atoms. The number of carbonyl (C=O) groups is 3. The SMILES string of the molecule is CC(=O)N1CCC(C(=O)NCCN(CC(C)(C)C)[C@]2(Cc3cccc(Cl)c3)C(=O)Nc3cc(Cl)ccc32)CC1. The zero-order chi connectivity index (χ0) is 28.4. The quantitative estimate of drug-likeness (QED) is 0.460. The Morgan fingerprint density at radius 2 is 1.79 bits per heavy atom. The van der Waals surface area contributed by atoms with E-state index in [2.05, 4.69) is 36.3 Å². The fourth-order valence-electron chi connectivity index (χ4n) is 5.76. The van der Waals surface area contributed by atoms with Gasteiger partial charge in [-0.25, -0.2) is 0 Å². The summed E-state index contributed by atoms with van der Waals surface area (Å²) in [6.45, 7) is 10.7. The second-order valence-corrected chi connectivity index (χ2v) is 12.7. The number of benzene rings is 2. The number of anilines is 1. The second-order valence-electron chi connectivity index (χ2n) is 11.9. The Kier molecular flexibility index (Phi) is 8.94. The lowest BCUT2D eigenvalue weighted by atomic mass is 9.81. The maximum atomic E-state index is 14.0. The number of amides is 3. The Labute approximate surface area is 241 Å². The summed E-state index contributed by atoms with van der Waals surface area (Å²) in [5, 5.41) is 7.36. The van der Waals surface area contributed by atoms with Crippen molar-refractivity contribution in [1.29, 1.82) is 0 Å². The molecule has 2 aliphatic heterocycles. The number of piperidine rings is 1. The third-order valence-electron chi connectivity index (χ3n) is 7.60. The fourth-order valence-corrected chi connectivity index (χ4v) is 6.15. The van der Waals surface area contributed by atoms with Gasteiger partial charge in [-0.05, 0) is 48.1 Å². The van der Waals surface area contributed by atoms with Crippen LogP contribution in [0.1, 0.15) is 51.7 Å². The van der Waals surface area contributed by atoms with E-state index in [0.717, 1.165) is 11.1 Å². The molecule has 1 atom stereocenters. The van der Waals surface area contributed by atoms with Crippen molar-refractivity contribution in [2.24, 2.45) is 11.3 Å². The lowest BCUT2D eigenvalue weighted by molar-refractivity contribution is -0.134. The fraction of sp³-hybridized carbons (Fsp3) is 0.500. The van der Waals surface area contributed by atoms with Gasteiger partial charge >= 0.3 is 0 Å². The van der Waals surface area contributed by atoms with Crippen molar-refractivity contribution in [1.82, 2.24) is 15.1 Å². The number of fused-ring (bicyclic) bond motifs is 1. The minimum atomic E-state index is -1.00. The number of rotatable bonds is 8. The van der Waals surface area contributed by atoms with Crippen LogP contribution < -0.4 is 10.6 Å². The highest BCUT2D eigenvalue weighted by Crippen LogP contribution is 2.45. The molecule has 2 aromatic carbocycles. The summed E-state index contributed by atoms with van der Waals surface area (Å²) in [7, 11) is 0. The lowest BCUT2D eigenvalue weighted by Crippen LogP contribution is -2.57. The maximum Gasteiger partial charge on any atom is 0.249 e. The first-order valence-electron chi connectivity index (χ1n) is 13.5. The van der Waals surface area contributed by atoms with E-state index in [1.165, 1.54) is 0 Å². The highest BCUT2D eigenvalue weighted by molar-refractivity contribution is 6.31. The number of carbonyl (C=O) groups excluding carboxylic acids is 3. The topological polar surface area (TPSA) is 81.8 Å². The van der Waals surface area contributed by atoms with Crippen LogP contribution in [0.2, 0.25) is 10.0 Å². The maximum absolute atomic E-state index is 14.0. The van der Waals surface area contributed by atoms with E-state index in [1.807, 2.05) is 36.4 Å². The third kappa shape index (κ3) is 6.76. The van der Waals surface area contributed by atoms with Crippen molar-refractivity contribution in [3.63, 3.8) is 0 Å². The molecule has 0 bridgehead atoms. The predicted molar refractivity (Wildman–Crippen MR) is 156 cm³/mol. The number of hydrogen-bond acceptors (Lipinski definition) is 4. The summed E-state index contributed by atoms with van der Waals surface area (Å²) in [6, 6.07) is 13.1. The van der Waals surface area contributed by atoms with E-state index < -0.39 is 5.54 Å². The predicted octanol–water partition coefficient (Wildman–Crippen LogP) is 5.11. The summed E-state index contributed by atoms with van der Waals surface area (Å²) in [6.07, 6.45) is 1.74. The van der Waals surface area contributed by atoms with Crippen LogP contribution in [0, 0.1) is 11.3 Å². The molecule has 2 aromatic rings. The van der Waals surface area contributed by atoms with Gasteiger partial charge in [0, 0.05) is 73.3 Å². The molecule has 9 heteroatoms. The van der Waals surface area contributed by atoms with Gasteiger partial charge in [-0.1, -0.05) is 62.2 Å². The van der Waals surface area contributed by atoms with Crippen LogP contribution in [0.5, 0.6) is 0 Å². The minimum absolute atomic E-state index is 0.000794. The molecule has 2 N–H and O–H groups in total. The second kappa shape index (κ2) is 11.9. The minimum Gasteiger partial charge on any atom is -0.355 e. The average Bonchev–Trinajstić information content (AvgIpc) is 3.13. The normalized spacial score (nSPS) is 19.7. The summed E-state index contributed by atoms with van der Waals surface area (Å²) in [5.74, 6) is -0.185. The first-order chi connectivity index (χ1) is 18.4. The molecule has 0 radical (unpaired) electrons. The first kappa shape index (κ1) is 29.4. The van der Waals surface area contributed by atoms with Crippen molar-refractivity contribution in [2.75, 3.05) is 38.0 Å². The largest absolute Gasteiger partial charge is 0.355 e. The molecule has 1 fully saturated rings. The van der Waals surface area contributed by atoms with E-state index in [9.17, 15) is 14.4 Å².